The summed E-state index contributed by atoms with van der Waals surface area (Å²) in [6, 6.07) is 7.51. The molecule has 0 unspecified atom stereocenters. The van der Waals surface area contributed by atoms with E-state index in [0.29, 0.717) is 13.0 Å². The lowest BCUT2D eigenvalue weighted by Gasteiger charge is -2.18. The molecule has 1 aliphatic heterocycles. The van der Waals surface area contributed by atoms with Gasteiger partial charge in [-0.2, -0.15) is 0 Å². The van der Waals surface area contributed by atoms with E-state index in [4.69, 9.17) is 5.73 Å². The lowest BCUT2D eigenvalue weighted by atomic mass is 10.2. The summed E-state index contributed by atoms with van der Waals surface area (Å²) < 4.78 is 25.6. The number of aryl methyl sites for hydroxylation is 1. The molecule has 0 saturated carbocycles. The summed E-state index contributed by atoms with van der Waals surface area (Å²) in [6.07, 6.45) is 0.618. The lowest BCUT2D eigenvalue weighted by Crippen LogP contribution is -2.33. The number of hydrogen-bond donors (Lipinski definition) is 1. The van der Waals surface area contributed by atoms with Crippen molar-refractivity contribution in [2.45, 2.75) is 18.6 Å². The van der Waals surface area contributed by atoms with Gasteiger partial charge < -0.3 is 5.73 Å². The van der Waals surface area contributed by atoms with Crippen LogP contribution >= 0.6 is 0 Å². The Morgan fingerprint density at radius 3 is 2.50 bits per heavy atom. The minimum Gasteiger partial charge on any atom is -0.329 e. The maximum absolute atomic E-state index is 12.1. The van der Waals surface area contributed by atoms with Crippen molar-refractivity contribution >= 4 is 15.7 Å². The summed E-state index contributed by atoms with van der Waals surface area (Å²) in [4.78, 5) is 0. The zero-order chi connectivity index (χ0) is 11.8. The van der Waals surface area contributed by atoms with Crippen LogP contribution in [0.2, 0.25) is 0 Å². The standard InChI is InChI=1S/C11H16N2O2S/c1-9-2-4-10(5-3-9)13-7-6-11(8-12)16(13,14)15/h2-5,11H,6-8,12H2,1H3/t11-/m0/s1. The third-order valence-corrected chi connectivity index (χ3v) is 5.25. The summed E-state index contributed by atoms with van der Waals surface area (Å²) in [6.45, 7) is 2.71. The first-order valence-electron chi connectivity index (χ1n) is 5.34. The normalized spacial score (nSPS) is 23.6. The Hall–Kier alpha value is -1.07. The average Bonchev–Trinajstić information content (AvgIpc) is 2.54. The molecule has 1 aliphatic rings. The fourth-order valence-corrected chi connectivity index (χ4v) is 3.73. The third kappa shape index (κ3) is 1.81. The molecule has 1 saturated heterocycles. The molecular weight excluding hydrogens is 224 g/mol. The first-order valence-corrected chi connectivity index (χ1v) is 6.84. The van der Waals surface area contributed by atoms with Crippen molar-refractivity contribution in [3.05, 3.63) is 29.8 Å². The van der Waals surface area contributed by atoms with Gasteiger partial charge in [0, 0.05) is 13.1 Å². The third-order valence-electron chi connectivity index (χ3n) is 2.97. The van der Waals surface area contributed by atoms with E-state index >= 15 is 0 Å². The second-order valence-corrected chi connectivity index (χ2v) is 6.24. The largest absolute Gasteiger partial charge is 0.329 e. The van der Waals surface area contributed by atoms with E-state index in [1.165, 1.54) is 4.31 Å². The number of anilines is 1. The van der Waals surface area contributed by atoms with E-state index < -0.39 is 15.3 Å². The molecule has 4 nitrogen and oxygen atoms in total. The summed E-state index contributed by atoms with van der Waals surface area (Å²) >= 11 is 0. The van der Waals surface area contributed by atoms with Gasteiger partial charge in [0.1, 0.15) is 0 Å². The summed E-state index contributed by atoms with van der Waals surface area (Å²) in [7, 11) is -3.24. The van der Waals surface area contributed by atoms with Gasteiger partial charge in [-0.25, -0.2) is 8.42 Å². The number of rotatable bonds is 2. The SMILES string of the molecule is Cc1ccc(N2CC[C@@H](CN)S2(=O)=O)cc1. The van der Waals surface area contributed by atoms with Crippen LogP contribution in [0.3, 0.4) is 0 Å². The molecule has 2 rings (SSSR count). The molecule has 88 valence electrons. The van der Waals surface area contributed by atoms with Crippen molar-refractivity contribution in [1.82, 2.24) is 0 Å². The van der Waals surface area contributed by atoms with Gasteiger partial charge in [0.25, 0.3) is 0 Å². The molecule has 5 heteroatoms. The van der Waals surface area contributed by atoms with E-state index in [2.05, 4.69) is 0 Å². The number of nitrogens with zero attached hydrogens (tertiary/aromatic N) is 1. The van der Waals surface area contributed by atoms with Crippen LogP contribution in [0.1, 0.15) is 12.0 Å². The molecule has 1 atom stereocenters. The van der Waals surface area contributed by atoms with Gasteiger partial charge in [-0.15, -0.1) is 0 Å². The monoisotopic (exact) mass is 240 g/mol. The van der Waals surface area contributed by atoms with Gasteiger partial charge in [0.05, 0.1) is 10.9 Å². The Balaban J connectivity index is 2.33. The fourth-order valence-electron chi connectivity index (χ4n) is 1.94. The van der Waals surface area contributed by atoms with Crippen LogP contribution in [-0.4, -0.2) is 26.8 Å². The molecule has 1 aromatic rings. The van der Waals surface area contributed by atoms with Crippen LogP contribution in [0.25, 0.3) is 0 Å². The van der Waals surface area contributed by atoms with Crippen LogP contribution in [-0.2, 0) is 10.0 Å². The highest BCUT2D eigenvalue weighted by Crippen LogP contribution is 2.28. The molecule has 0 aromatic heterocycles. The fraction of sp³-hybridized carbons (Fsp3) is 0.455. The van der Waals surface area contributed by atoms with Crippen molar-refractivity contribution < 1.29 is 8.42 Å². The number of hydrogen-bond acceptors (Lipinski definition) is 3. The molecule has 0 spiro atoms. The minimum atomic E-state index is -3.24. The maximum atomic E-state index is 12.1. The van der Waals surface area contributed by atoms with Gasteiger partial charge in [0.15, 0.2) is 0 Å². The highest BCUT2D eigenvalue weighted by molar-refractivity contribution is 7.93. The van der Waals surface area contributed by atoms with Crippen molar-refractivity contribution in [2.75, 3.05) is 17.4 Å². The highest BCUT2D eigenvalue weighted by atomic mass is 32.2. The molecule has 0 aliphatic carbocycles. The van der Waals surface area contributed by atoms with Crippen molar-refractivity contribution in [3.8, 4) is 0 Å². The first kappa shape index (κ1) is 11.4. The molecule has 1 heterocycles. The van der Waals surface area contributed by atoms with Crippen LogP contribution in [0.15, 0.2) is 24.3 Å². The zero-order valence-electron chi connectivity index (χ0n) is 9.26. The molecular formula is C11H16N2O2S. The van der Waals surface area contributed by atoms with E-state index in [-0.39, 0.29) is 6.54 Å². The van der Waals surface area contributed by atoms with E-state index in [0.717, 1.165) is 11.3 Å². The summed E-state index contributed by atoms with van der Waals surface area (Å²) in [5.74, 6) is 0. The zero-order valence-corrected chi connectivity index (χ0v) is 10.1. The highest BCUT2D eigenvalue weighted by Gasteiger charge is 2.37. The van der Waals surface area contributed by atoms with Crippen LogP contribution in [0, 0.1) is 6.92 Å². The number of benzene rings is 1. The topological polar surface area (TPSA) is 63.4 Å². The second kappa shape index (κ2) is 4.07. The predicted octanol–water partition coefficient (Wildman–Crippen LogP) is 0.862. The predicted molar refractivity (Wildman–Crippen MR) is 64.9 cm³/mol. The van der Waals surface area contributed by atoms with Crippen LogP contribution in [0.5, 0.6) is 0 Å². The number of sulfonamides is 1. The molecule has 0 amide bonds. The molecule has 0 bridgehead atoms. The maximum Gasteiger partial charge on any atom is 0.239 e. The van der Waals surface area contributed by atoms with Crippen molar-refractivity contribution in [2.24, 2.45) is 5.73 Å². The molecule has 16 heavy (non-hydrogen) atoms. The van der Waals surface area contributed by atoms with Crippen molar-refractivity contribution in [1.29, 1.82) is 0 Å². The molecule has 1 fully saturated rings. The lowest BCUT2D eigenvalue weighted by molar-refractivity contribution is 0.588. The van der Waals surface area contributed by atoms with E-state index in [1.807, 2.05) is 31.2 Å². The molecule has 1 aromatic carbocycles. The van der Waals surface area contributed by atoms with Gasteiger partial charge in [-0.1, -0.05) is 17.7 Å². The smallest absolute Gasteiger partial charge is 0.239 e. The Morgan fingerprint density at radius 2 is 2.00 bits per heavy atom. The van der Waals surface area contributed by atoms with Gasteiger partial charge in [-0.05, 0) is 25.5 Å². The Morgan fingerprint density at radius 1 is 1.38 bits per heavy atom. The second-order valence-electron chi connectivity index (χ2n) is 4.10. The molecule has 0 radical (unpaired) electrons. The Labute approximate surface area is 96.1 Å². The van der Waals surface area contributed by atoms with Gasteiger partial charge in [-0.3, -0.25) is 4.31 Å². The van der Waals surface area contributed by atoms with Crippen LogP contribution < -0.4 is 10.0 Å². The minimum absolute atomic E-state index is 0.199. The van der Waals surface area contributed by atoms with E-state index in [9.17, 15) is 8.42 Å². The summed E-state index contributed by atoms with van der Waals surface area (Å²) in [5, 5.41) is -0.422. The summed E-state index contributed by atoms with van der Waals surface area (Å²) in [5.41, 5.74) is 7.33. The quantitative estimate of drug-likeness (QED) is 0.834. The number of nitrogens with two attached hydrogens (primary N) is 1. The van der Waals surface area contributed by atoms with E-state index in [1.54, 1.807) is 0 Å². The first-order chi connectivity index (χ1) is 7.55. The Kier molecular flexibility index (Phi) is 2.90. The van der Waals surface area contributed by atoms with Gasteiger partial charge >= 0.3 is 0 Å². The molecule has 2 N–H and O–H groups in total. The van der Waals surface area contributed by atoms with Gasteiger partial charge in [0.2, 0.25) is 10.0 Å². The van der Waals surface area contributed by atoms with Crippen molar-refractivity contribution in [3.63, 3.8) is 0 Å². The van der Waals surface area contributed by atoms with Crippen LogP contribution in [0.4, 0.5) is 5.69 Å². The average molecular weight is 240 g/mol. The Bertz CT molecular complexity index is 467.